The zero-order valence-electron chi connectivity index (χ0n) is 11.5. The van der Waals surface area contributed by atoms with Gasteiger partial charge in [0.05, 0.1) is 7.11 Å². The van der Waals surface area contributed by atoms with E-state index in [1.54, 1.807) is 7.11 Å². The van der Waals surface area contributed by atoms with E-state index >= 15 is 0 Å². The van der Waals surface area contributed by atoms with Gasteiger partial charge in [0.1, 0.15) is 0 Å². The van der Waals surface area contributed by atoms with Crippen LogP contribution in [-0.4, -0.2) is 28.6 Å². The summed E-state index contributed by atoms with van der Waals surface area (Å²) in [6.45, 7) is 2.06. The number of rotatable bonds is 1. The van der Waals surface area contributed by atoms with Crippen LogP contribution in [-0.2, 0) is 19.4 Å². The molecule has 2 N–H and O–H groups in total. The first-order valence-electron chi connectivity index (χ1n) is 7.05. The molecule has 0 fully saturated rings. The minimum atomic E-state index is 0.241. The molecule has 1 aromatic heterocycles. The molecule has 104 valence electrons. The Morgan fingerprint density at radius 3 is 3.10 bits per heavy atom. The number of aromatic amines is 1. The zero-order chi connectivity index (χ0) is 13.7. The minimum Gasteiger partial charge on any atom is -0.504 e. The van der Waals surface area contributed by atoms with E-state index in [1.165, 1.54) is 22.4 Å². The van der Waals surface area contributed by atoms with Gasteiger partial charge in [-0.05, 0) is 41.3 Å². The molecule has 4 nitrogen and oxygen atoms in total. The number of aromatic hydroxyl groups is 1. The average molecular weight is 270 g/mol. The summed E-state index contributed by atoms with van der Waals surface area (Å²) in [6.07, 6.45) is 4.03. The number of aromatic nitrogens is 1. The molecule has 2 aliphatic rings. The Kier molecular flexibility index (Phi) is 2.54. The van der Waals surface area contributed by atoms with Gasteiger partial charge in [0.2, 0.25) is 0 Å². The quantitative estimate of drug-likeness (QED) is 0.836. The average Bonchev–Trinajstić information content (AvgIpc) is 2.91. The Morgan fingerprint density at radius 2 is 2.25 bits per heavy atom. The van der Waals surface area contributed by atoms with Gasteiger partial charge in [-0.15, -0.1) is 0 Å². The largest absolute Gasteiger partial charge is 0.504 e. The van der Waals surface area contributed by atoms with Gasteiger partial charge >= 0.3 is 0 Å². The third-order valence-corrected chi connectivity index (χ3v) is 4.61. The fraction of sp³-hybridized carbons (Fsp3) is 0.375. The summed E-state index contributed by atoms with van der Waals surface area (Å²) < 4.78 is 5.22. The smallest absolute Gasteiger partial charge is 0.160 e. The summed E-state index contributed by atoms with van der Waals surface area (Å²) in [6, 6.07) is 6.42. The molecule has 0 aliphatic carbocycles. The molecule has 4 rings (SSSR count). The monoisotopic (exact) mass is 270 g/mol. The number of phenols is 1. The van der Waals surface area contributed by atoms with Crippen LogP contribution in [0.2, 0.25) is 0 Å². The Hall–Kier alpha value is -1.94. The lowest BCUT2D eigenvalue weighted by molar-refractivity contribution is 0.159. The summed E-state index contributed by atoms with van der Waals surface area (Å²) in [5, 5.41) is 10.1. The molecule has 2 aromatic rings. The van der Waals surface area contributed by atoms with Crippen molar-refractivity contribution in [3.63, 3.8) is 0 Å². The Bertz CT molecular complexity index is 662. The van der Waals surface area contributed by atoms with Crippen molar-refractivity contribution in [2.75, 3.05) is 13.7 Å². The van der Waals surface area contributed by atoms with E-state index in [0.717, 1.165) is 25.9 Å². The highest BCUT2D eigenvalue weighted by molar-refractivity contribution is 5.49. The van der Waals surface area contributed by atoms with Crippen molar-refractivity contribution in [3.8, 4) is 11.5 Å². The van der Waals surface area contributed by atoms with Gasteiger partial charge in [-0.2, -0.15) is 0 Å². The number of ether oxygens (including phenoxy) is 1. The molecule has 1 aromatic carbocycles. The van der Waals surface area contributed by atoms with Gasteiger partial charge in [0.15, 0.2) is 11.5 Å². The van der Waals surface area contributed by atoms with Crippen LogP contribution in [0.4, 0.5) is 0 Å². The molecule has 0 saturated carbocycles. The third kappa shape index (κ3) is 1.64. The van der Waals surface area contributed by atoms with Crippen LogP contribution >= 0.6 is 0 Å². The molecule has 0 unspecified atom stereocenters. The standard InChI is InChI=1S/C16H18N2O2/c1-20-16-6-10-3-5-18-9-11-2-4-17-13(11)8-14(18)12(10)7-15(16)19/h2,4,6-7,14,17,19H,3,5,8-9H2,1H3/t14-/m0/s1. The van der Waals surface area contributed by atoms with E-state index in [2.05, 4.69) is 16.0 Å². The second-order valence-corrected chi connectivity index (χ2v) is 5.64. The number of hydrogen-bond donors (Lipinski definition) is 2. The van der Waals surface area contributed by atoms with Crippen LogP contribution < -0.4 is 4.74 Å². The van der Waals surface area contributed by atoms with E-state index in [9.17, 15) is 5.11 Å². The molecule has 1 atom stereocenters. The molecular weight excluding hydrogens is 252 g/mol. The van der Waals surface area contributed by atoms with Crippen LogP contribution in [0.1, 0.15) is 28.4 Å². The molecule has 0 spiro atoms. The number of fused-ring (bicyclic) bond motifs is 4. The third-order valence-electron chi connectivity index (χ3n) is 4.61. The van der Waals surface area contributed by atoms with E-state index in [-0.39, 0.29) is 5.75 Å². The summed E-state index contributed by atoms with van der Waals surface area (Å²) in [7, 11) is 1.60. The van der Waals surface area contributed by atoms with Crippen LogP contribution in [0, 0.1) is 0 Å². The number of nitrogens with zero attached hydrogens (tertiary/aromatic N) is 1. The highest BCUT2D eigenvalue weighted by atomic mass is 16.5. The predicted molar refractivity (Wildman–Crippen MR) is 76.0 cm³/mol. The molecule has 2 aliphatic heterocycles. The first kappa shape index (κ1) is 11.9. The topological polar surface area (TPSA) is 48.5 Å². The lowest BCUT2D eigenvalue weighted by Gasteiger charge is -2.40. The van der Waals surface area contributed by atoms with Gasteiger partial charge in [-0.1, -0.05) is 0 Å². The zero-order valence-corrected chi connectivity index (χ0v) is 11.5. The highest BCUT2D eigenvalue weighted by Gasteiger charge is 2.33. The first-order valence-corrected chi connectivity index (χ1v) is 7.05. The second-order valence-electron chi connectivity index (χ2n) is 5.64. The normalized spacial score (nSPS) is 20.9. The maximum atomic E-state index is 10.1. The van der Waals surface area contributed by atoms with E-state index in [0.29, 0.717) is 11.8 Å². The second kappa shape index (κ2) is 4.28. The van der Waals surface area contributed by atoms with Crippen LogP contribution in [0.15, 0.2) is 24.4 Å². The SMILES string of the molecule is COc1cc2c(cc1O)[C@@H]1Cc3[nH]ccc3CN1CC2. The molecule has 0 amide bonds. The van der Waals surface area contributed by atoms with Gasteiger partial charge in [-0.25, -0.2) is 0 Å². The first-order chi connectivity index (χ1) is 9.76. The number of H-pyrrole nitrogens is 1. The Labute approximate surface area is 118 Å². The van der Waals surface area contributed by atoms with Gasteiger partial charge in [0, 0.05) is 37.4 Å². The number of benzene rings is 1. The molecule has 20 heavy (non-hydrogen) atoms. The van der Waals surface area contributed by atoms with Crippen LogP contribution in [0.25, 0.3) is 0 Å². The molecule has 0 radical (unpaired) electrons. The van der Waals surface area contributed by atoms with Crippen molar-refractivity contribution < 1.29 is 9.84 Å². The number of methoxy groups -OCH3 is 1. The maximum absolute atomic E-state index is 10.1. The van der Waals surface area contributed by atoms with Crippen molar-refractivity contribution >= 4 is 0 Å². The van der Waals surface area contributed by atoms with Gasteiger partial charge < -0.3 is 14.8 Å². The fourth-order valence-electron chi connectivity index (χ4n) is 3.55. The lowest BCUT2D eigenvalue weighted by atomic mass is 9.86. The van der Waals surface area contributed by atoms with Crippen LogP contribution in [0.5, 0.6) is 11.5 Å². The summed E-state index contributed by atoms with van der Waals surface area (Å²) >= 11 is 0. The predicted octanol–water partition coefficient (Wildman–Crippen LogP) is 2.38. The van der Waals surface area contributed by atoms with Gasteiger partial charge in [-0.3, -0.25) is 4.90 Å². The Morgan fingerprint density at radius 1 is 1.35 bits per heavy atom. The molecule has 0 saturated heterocycles. The number of phenolic OH excluding ortho intramolecular Hbond substituents is 1. The van der Waals surface area contributed by atoms with Crippen molar-refractivity contribution in [1.82, 2.24) is 9.88 Å². The van der Waals surface area contributed by atoms with E-state index in [4.69, 9.17) is 4.74 Å². The van der Waals surface area contributed by atoms with E-state index in [1.807, 2.05) is 18.3 Å². The molecule has 3 heterocycles. The summed E-state index contributed by atoms with van der Waals surface area (Å²) in [4.78, 5) is 5.85. The lowest BCUT2D eigenvalue weighted by Crippen LogP contribution is -2.39. The molecule has 4 heteroatoms. The summed E-state index contributed by atoms with van der Waals surface area (Å²) in [5.41, 5.74) is 5.28. The fourth-order valence-corrected chi connectivity index (χ4v) is 3.55. The maximum Gasteiger partial charge on any atom is 0.160 e. The van der Waals surface area contributed by atoms with Crippen molar-refractivity contribution in [2.45, 2.75) is 25.4 Å². The molecular formula is C16H18N2O2. The molecule has 0 bridgehead atoms. The van der Waals surface area contributed by atoms with Gasteiger partial charge in [0.25, 0.3) is 0 Å². The highest BCUT2D eigenvalue weighted by Crippen LogP contribution is 2.41. The minimum absolute atomic E-state index is 0.241. The van der Waals surface area contributed by atoms with E-state index < -0.39 is 0 Å². The number of hydrogen-bond acceptors (Lipinski definition) is 3. The number of nitrogens with one attached hydrogen (secondary N) is 1. The van der Waals surface area contributed by atoms with Crippen LogP contribution in [0.3, 0.4) is 0 Å². The van der Waals surface area contributed by atoms with Crippen molar-refractivity contribution in [2.24, 2.45) is 0 Å². The Balaban J connectivity index is 1.78. The van der Waals surface area contributed by atoms with Crippen molar-refractivity contribution in [3.05, 3.63) is 46.8 Å². The van der Waals surface area contributed by atoms with Crippen molar-refractivity contribution in [1.29, 1.82) is 0 Å². The summed E-state index contributed by atoms with van der Waals surface area (Å²) in [5.74, 6) is 0.818.